The number of halogens is 3. The van der Waals surface area contributed by atoms with E-state index in [2.05, 4.69) is 109 Å². The van der Waals surface area contributed by atoms with Gasteiger partial charge in [-0.3, -0.25) is 0 Å². The molecule has 0 saturated heterocycles. The quantitative estimate of drug-likeness (QED) is 0.157. The molecular formula is C54H33F3N2O2. The maximum atomic E-state index is 13.9. The highest BCUT2D eigenvalue weighted by atomic mass is 19.4. The number of aryl methyl sites for hydroxylation is 1. The lowest BCUT2D eigenvalue weighted by Gasteiger charge is -2.29. The van der Waals surface area contributed by atoms with Crippen LogP contribution in [0.25, 0.3) is 76.2 Å². The predicted molar refractivity (Wildman–Crippen MR) is 244 cm³/mol. The second-order valence-electron chi connectivity index (χ2n) is 15.6. The van der Waals surface area contributed by atoms with E-state index in [0.29, 0.717) is 17.0 Å². The number of hydrogen-bond acceptors (Lipinski definition) is 4. The highest BCUT2D eigenvalue weighted by molar-refractivity contribution is 6.28. The third kappa shape index (κ3) is 5.40. The third-order valence-corrected chi connectivity index (χ3v) is 12.1. The highest BCUT2D eigenvalue weighted by Crippen LogP contribution is 2.50. The van der Waals surface area contributed by atoms with Crippen LogP contribution in [0.3, 0.4) is 0 Å². The highest BCUT2D eigenvalue weighted by Gasteiger charge is 2.31. The van der Waals surface area contributed by atoms with Gasteiger partial charge < -0.3 is 18.6 Å². The summed E-state index contributed by atoms with van der Waals surface area (Å²) >= 11 is 0. The van der Waals surface area contributed by atoms with Gasteiger partial charge >= 0.3 is 6.18 Å². The summed E-state index contributed by atoms with van der Waals surface area (Å²) in [6.45, 7) is 2.09. The average Bonchev–Trinajstić information content (AvgIpc) is 3.87. The molecule has 61 heavy (non-hydrogen) atoms. The Kier molecular flexibility index (Phi) is 7.57. The molecule has 0 radical (unpaired) electrons. The second-order valence-corrected chi connectivity index (χ2v) is 15.6. The molecule has 0 aliphatic rings. The van der Waals surface area contributed by atoms with Gasteiger partial charge in [-0.2, -0.15) is 13.2 Å². The molecule has 10 aromatic carbocycles. The van der Waals surface area contributed by atoms with Crippen LogP contribution in [0.2, 0.25) is 0 Å². The van der Waals surface area contributed by atoms with Crippen molar-refractivity contribution in [1.29, 1.82) is 0 Å². The average molecular weight is 799 g/mol. The lowest BCUT2D eigenvalue weighted by atomic mass is 9.91. The Balaban J connectivity index is 1.13. The number of nitrogens with zero attached hydrogens (tertiary/aromatic N) is 2. The Bertz CT molecular complexity index is 3660. The summed E-state index contributed by atoms with van der Waals surface area (Å²) < 4.78 is 55.0. The number of benzene rings is 10. The third-order valence-electron chi connectivity index (χ3n) is 12.1. The van der Waals surface area contributed by atoms with Gasteiger partial charge in [-0.25, -0.2) is 0 Å². The summed E-state index contributed by atoms with van der Waals surface area (Å²) in [5, 5.41) is 10.2. The normalized spacial score (nSPS) is 12.3. The molecule has 0 aliphatic heterocycles. The fraction of sp³-hybridized carbons (Fsp3) is 0.0370. The van der Waals surface area contributed by atoms with Crippen molar-refractivity contribution in [3.63, 3.8) is 0 Å². The summed E-state index contributed by atoms with van der Waals surface area (Å²) in [7, 11) is 0. The number of rotatable bonds is 6. The molecule has 0 saturated carbocycles. The molecule has 0 bridgehead atoms. The molecule has 0 amide bonds. The summed E-state index contributed by atoms with van der Waals surface area (Å²) in [6.07, 6.45) is -4.48. The molecular weight excluding hydrogens is 766 g/mol. The van der Waals surface area contributed by atoms with E-state index in [-0.39, 0.29) is 0 Å². The van der Waals surface area contributed by atoms with Crippen molar-refractivity contribution in [2.75, 3.05) is 9.80 Å². The van der Waals surface area contributed by atoms with E-state index >= 15 is 0 Å². The number of fused-ring (bicyclic) bond motifs is 6. The van der Waals surface area contributed by atoms with E-state index in [1.54, 1.807) is 12.1 Å². The Morgan fingerprint density at radius 1 is 0.377 bits per heavy atom. The predicted octanol–water partition coefficient (Wildman–Crippen LogP) is 16.6. The van der Waals surface area contributed by atoms with Gasteiger partial charge in [0.25, 0.3) is 0 Å². The lowest BCUT2D eigenvalue weighted by molar-refractivity contribution is -0.137. The van der Waals surface area contributed by atoms with Gasteiger partial charge in [-0.15, -0.1) is 0 Å². The zero-order chi connectivity index (χ0) is 41.0. The number of anilines is 6. The molecule has 12 rings (SSSR count). The van der Waals surface area contributed by atoms with Gasteiger partial charge in [-0.1, -0.05) is 115 Å². The van der Waals surface area contributed by atoms with Gasteiger partial charge in [0.05, 0.1) is 28.3 Å². The van der Waals surface area contributed by atoms with Crippen LogP contribution in [0.1, 0.15) is 11.1 Å². The summed E-state index contributed by atoms with van der Waals surface area (Å²) in [6, 6.07) is 59.3. The van der Waals surface area contributed by atoms with Crippen LogP contribution >= 0.6 is 0 Å². The molecule has 0 atom stereocenters. The Morgan fingerprint density at radius 2 is 0.803 bits per heavy atom. The van der Waals surface area contributed by atoms with Crippen LogP contribution in [-0.4, -0.2) is 0 Å². The summed E-state index contributed by atoms with van der Waals surface area (Å²) in [5.41, 5.74) is 8.43. The number of alkyl halides is 3. The maximum absolute atomic E-state index is 13.9. The van der Waals surface area contributed by atoms with Gasteiger partial charge in [0.1, 0.15) is 11.2 Å². The number of furan rings is 2. The van der Waals surface area contributed by atoms with Crippen molar-refractivity contribution in [1.82, 2.24) is 0 Å². The first kappa shape index (κ1) is 35.2. The van der Waals surface area contributed by atoms with Crippen molar-refractivity contribution in [3.8, 4) is 0 Å². The van der Waals surface area contributed by atoms with E-state index in [9.17, 15) is 13.2 Å². The van der Waals surface area contributed by atoms with E-state index in [1.807, 2.05) is 65.6 Å². The maximum Gasteiger partial charge on any atom is 0.416 e. The molecule has 7 heteroatoms. The second kappa shape index (κ2) is 13.1. The Hall–Kier alpha value is -7.77. The van der Waals surface area contributed by atoms with E-state index in [0.717, 1.165) is 111 Å². The molecule has 0 unspecified atom stereocenters. The largest absolute Gasteiger partial charge is 0.454 e. The van der Waals surface area contributed by atoms with Crippen molar-refractivity contribution >= 4 is 110 Å². The molecule has 292 valence electrons. The van der Waals surface area contributed by atoms with Crippen molar-refractivity contribution in [3.05, 3.63) is 193 Å². The SMILES string of the molecule is Cc1ccc(N(c2ccc3ccc4c(N(c5ccc(C(F)(F)F)cc5)c5cccc6c5oc5ccccc56)ccc5ccc2c3c54)c2cccc3c2oc2ccccc23)cc1. The van der Waals surface area contributed by atoms with Crippen molar-refractivity contribution in [2.24, 2.45) is 0 Å². The molecule has 0 fully saturated rings. The first-order valence-corrected chi connectivity index (χ1v) is 20.2. The molecule has 0 spiro atoms. The first-order valence-electron chi connectivity index (χ1n) is 20.2. The van der Waals surface area contributed by atoms with Crippen LogP contribution in [0.4, 0.5) is 47.3 Å². The molecule has 2 heterocycles. The minimum absolute atomic E-state index is 0.571. The minimum Gasteiger partial charge on any atom is -0.454 e. The fourth-order valence-electron chi connectivity index (χ4n) is 9.29. The molecule has 12 aromatic rings. The van der Waals surface area contributed by atoms with Crippen LogP contribution in [0.15, 0.2) is 191 Å². The molecule has 2 aromatic heterocycles. The van der Waals surface area contributed by atoms with Crippen molar-refractivity contribution < 1.29 is 22.0 Å². The Labute approximate surface area is 347 Å². The van der Waals surface area contributed by atoms with Crippen LogP contribution in [0, 0.1) is 6.92 Å². The molecule has 4 nitrogen and oxygen atoms in total. The first-order chi connectivity index (χ1) is 29.8. The minimum atomic E-state index is -4.48. The van der Waals surface area contributed by atoms with Gasteiger partial charge in [0.15, 0.2) is 11.2 Å². The van der Waals surface area contributed by atoms with Gasteiger partial charge in [-0.05, 0) is 101 Å². The molecule has 0 aliphatic carbocycles. The summed E-state index contributed by atoms with van der Waals surface area (Å²) in [5.74, 6) is 0. The number of hydrogen-bond donors (Lipinski definition) is 0. The zero-order valence-electron chi connectivity index (χ0n) is 32.7. The Morgan fingerprint density at radius 3 is 1.28 bits per heavy atom. The van der Waals surface area contributed by atoms with Crippen molar-refractivity contribution in [2.45, 2.75) is 13.1 Å². The van der Waals surface area contributed by atoms with E-state index < -0.39 is 11.7 Å². The van der Waals surface area contributed by atoms with Gasteiger partial charge in [0, 0.05) is 43.7 Å². The zero-order valence-corrected chi connectivity index (χ0v) is 32.7. The van der Waals surface area contributed by atoms with Crippen LogP contribution in [-0.2, 0) is 6.18 Å². The molecule has 0 N–H and O–H groups in total. The fourth-order valence-corrected chi connectivity index (χ4v) is 9.29. The summed E-state index contributed by atoms with van der Waals surface area (Å²) in [4.78, 5) is 4.31. The van der Waals surface area contributed by atoms with Gasteiger partial charge in [0.2, 0.25) is 0 Å². The van der Waals surface area contributed by atoms with E-state index in [4.69, 9.17) is 8.83 Å². The smallest absolute Gasteiger partial charge is 0.416 e. The van der Waals surface area contributed by atoms with Crippen LogP contribution < -0.4 is 9.80 Å². The van der Waals surface area contributed by atoms with E-state index in [1.165, 1.54) is 0 Å². The monoisotopic (exact) mass is 798 g/mol. The lowest BCUT2D eigenvalue weighted by Crippen LogP contribution is -2.12. The van der Waals surface area contributed by atoms with Crippen LogP contribution in [0.5, 0.6) is 0 Å². The number of para-hydroxylation sites is 4. The topological polar surface area (TPSA) is 32.8 Å². The standard InChI is InChI=1S/C54H33F3N2O2/c1-32-16-24-36(25-17-32)58(46-12-6-10-40-38-8-2-4-14-48(38)60-52(40)46)44-30-20-33-19-29-43-45(31-21-34-18-28-42(44)50(33)51(34)43)59(37-26-22-35(23-27-37)54(55,56)57)47-13-7-11-41-39-9-3-5-15-49(39)61-53(41)47/h2-31H,1H3.